The van der Waals surface area contributed by atoms with Crippen molar-refractivity contribution in [3.05, 3.63) is 11.9 Å². The summed E-state index contributed by atoms with van der Waals surface area (Å²) in [6.07, 6.45) is -8.90. The summed E-state index contributed by atoms with van der Waals surface area (Å²) in [5.74, 6) is -3.33. The second kappa shape index (κ2) is 5.87. The Labute approximate surface area is 78.8 Å². The van der Waals surface area contributed by atoms with Gasteiger partial charge in [-0.3, -0.25) is 0 Å². The minimum absolute atomic E-state index is 0. The molecule has 70 valence electrons. The lowest BCUT2D eigenvalue weighted by molar-refractivity contribution is -0.113. The van der Waals surface area contributed by atoms with Gasteiger partial charge in [-0.25, -0.2) is 0 Å². The molecule has 0 aromatic heterocycles. The Balaban J connectivity index is -0.000000320. The van der Waals surface area contributed by atoms with Gasteiger partial charge in [0.25, 0.3) is 5.83 Å². The molecule has 0 aromatic rings. The van der Waals surface area contributed by atoms with Crippen LogP contribution in [0.4, 0.5) is 26.3 Å². The first kappa shape index (κ1) is 17.4. The third-order valence-electron chi connectivity index (χ3n) is 0.415. The molecule has 0 unspecified atom stereocenters. The van der Waals surface area contributed by atoms with E-state index in [9.17, 15) is 26.3 Å². The summed E-state index contributed by atoms with van der Waals surface area (Å²) in [6, 6.07) is 0. The highest BCUT2D eigenvalue weighted by atomic mass is 79.9. The molecule has 0 rings (SSSR count). The van der Waals surface area contributed by atoms with E-state index in [-0.39, 0.29) is 34.0 Å². The Bertz CT molecular complexity index is 133. The van der Waals surface area contributed by atoms with E-state index in [1.807, 2.05) is 0 Å². The molecule has 0 saturated heterocycles. The number of hydrogen-bond acceptors (Lipinski definition) is 0. The van der Waals surface area contributed by atoms with E-state index >= 15 is 0 Å². The van der Waals surface area contributed by atoms with Crippen molar-refractivity contribution in [2.45, 2.75) is 6.18 Å². The Morgan fingerprint density at radius 1 is 0.818 bits per heavy atom. The molecule has 0 aromatic carbocycles. The molecule has 8 heteroatoms. The van der Waals surface area contributed by atoms with E-state index in [1.54, 1.807) is 0 Å². The Hall–Kier alpha value is 0.280. The molecule has 0 aliphatic heterocycles. The first-order valence-electron chi connectivity index (χ1n) is 1.63. The molecule has 0 fully saturated rings. The van der Waals surface area contributed by atoms with Gasteiger partial charge in [-0.2, -0.15) is 26.3 Å². The van der Waals surface area contributed by atoms with Crippen LogP contribution in [-0.4, -0.2) is 6.18 Å². The van der Waals surface area contributed by atoms with Crippen molar-refractivity contribution in [2.75, 3.05) is 0 Å². The van der Waals surface area contributed by atoms with E-state index in [1.165, 1.54) is 0 Å². The SMILES string of the molecule is FC(F)=C(F)C(F)(F)F.[Br-].[Br-]. The average Bonchev–Trinajstić information content (AvgIpc) is 1.62. The average molecular weight is 310 g/mol. The van der Waals surface area contributed by atoms with Crippen molar-refractivity contribution in [3.8, 4) is 0 Å². The number of hydrogen-bond donors (Lipinski definition) is 0. The van der Waals surface area contributed by atoms with Crippen LogP contribution in [0, 0.1) is 0 Å². The molecule has 11 heavy (non-hydrogen) atoms. The van der Waals surface area contributed by atoms with Crippen LogP contribution in [0.1, 0.15) is 0 Å². The number of allylic oxidation sites excluding steroid dienone is 1. The fraction of sp³-hybridized carbons (Fsp3) is 0.333. The van der Waals surface area contributed by atoms with E-state index in [0.29, 0.717) is 0 Å². The van der Waals surface area contributed by atoms with Crippen molar-refractivity contribution >= 4 is 0 Å². The van der Waals surface area contributed by atoms with Crippen molar-refractivity contribution in [3.63, 3.8) is 0 Å². The van der Waals surface area contributed by atoms with Crippen LogP contribution in [0.5, 0.6) is 0 Å². The summed E-state index contributed by atoms with van der Waals surface area (Å²) >= 11 is 0. The maximum absolute atomic E-state index is 11.0. The first-order chi connectivity index (χ1) is 3.85. The highest BCUT2D eigenvalue weighted by Crippen LogP contribution is 2.29. The minimum atomic E-state index is -5.56. The molecule has 0 aliphatic rings. The van der Waals surface area contributed by atoms with Crippen LogP contribution in [0.3, 0.4) is 0 Å². The Morgan fingerprint density at radius 3 is 1.09 bits per heavy atom. The lowest BCUT2D eigenvalue weighted by Gasteiger charge is -1.98. The smallest absolute Gasteiger partial charge is 0.448 e. The molecule has 0 saturated carbocycles. The zero-order valence-electron chi connectivity index (χ0n) is 4.52. The molecule has 0 bridgehead atoms. The van der Waals surface area contributed by atoms with Gasteiger partial charge in [0.15, 0.2) is 0 Å². The fourth-order valence-corrected chi connectivity index (χ4v) is 0.107. The molecule has 0 N–H and O–H groups in total. The van der Waals surface area contributed by atoms with Crippen molar-refractivity contribution in [1.29, 1.82) is 0 Å². The standard InChI is InChI=1S/C3F6.2BrH/c4-1(2(5)6)3(7,8)9;;/h;2*1H/p-2. The predicted molar refractivity (Wildman–Crippen MR) is 16.4 cm³/mol. The van der Waals surface area contributed by atoms with Gasteiger partial charge in [-0.05, 0) is 0 Å². The van der Waals surface area contributed by atoms with Gasteiger partial charge in [0.2, 0.25) is 0 Å². The monoisotopic (exact) mass is 308 g/mol. The molecule has 0 spiro atoms. The third-order valence-corrected chi connectivity index (χ3v) is 0.415. The molecular formula is C3Br2F6-2. The number of rotatable bonds is 0. The second-order valence-corrected chi connectivity index (χ2v) is 1.07. The summed E-state index contributed by atoms with van der Waals surface area (Å²) in [6.45, 7) is 0. The normalized spacial score (nSPS) is 9.27. The summed E-state index contributed by atoms with van der Waals surface area (Å²) in [4.78, 5) is 0. The predicted octanol–water partition coefficient (Wildman–Crippen LogP) is -3.37. The molecule has 0 nitrogen and oxygen atoms in total. The van der Waals surface area contributed by atoms with Crippen LogP contribution >= 0.6 is 0 Å². The van der Waals surface area contributed by atoms with Crippen LogP contribution in [-0.2, 0) is 0 Å². The number of halogens is 8. The first-order valence-corrected chi connectivity index (χ1v) is 1.63. The fourth-order valence-electron chi connectivity index (χ4n) is 0.107. The van der Waals surface area contributed by atoms with E-state index in [0.717, 1.165) is 0 Å². The van der Waals surface area contributed by atoms with Gasteiger partial charge in [0.05, 0.1) is 0 Å². The Morgan fingerprint density at radius 2 is 1.09 bits per heavy atom. The zero-order chi connectivity index (χ0) is 7.65. The maximum atomic E-state index is 11.0. The largest absolute Gasteiger partial charge is 1.00 e. The van der Waals surface area contributed by atoms with Gasteiger partial charge < -0.3 is 34.0 Å². The molecule has 0 aliphatic carbocycles. The van der Waals surface area contributed by atoms with E-state index < -0.39 is 18.1 Å². The summed E-state index contributed by atoms with van der Waals surface area (Å²) < 4.78 is 64.8. The van der Waals surface area contributed by atoms with Gasteiger partial charge in [-0.15, -0.1) is 0 Å². The Kier molecular flexibility index (Phi) is 9.28. The van der Waals surface area contributed by atoms with Crippen LogP contribution < -0.4 is 34.0 Å². The van der Waals surface area contributed by atoms with Gasteiger partial charge in [0, 0.05) is 0 Å². The van der Waals surface area contributed by atoms with Crippen molar-refractivity contribution < 1.29 is 60.3 Å². The second-order valence-electron chi connectivity index (χ2n) is 1.07. The van der Waals surface area contributed by atoms with E-state index in [2.05, 4.69) is 0 Å². The summed E-state index contributed by atoms with van der Waals surface area (Å²) in [7, 11) is 0. The van der Waals surface area contributed by atoms with E-state index in [4.69, 9.17) is 0 Å². The van der Waals surface area contributed by atoms with Crippen LogP contribution in [0.25, 0.3) is 0 Å². The van der Waals surface area contributed by atoms with Crippen molar-refractivity contribution in [2.24, 2.45) is 0 Å². The topological polar surface area (TPSA) is 0 Å². The molecular weight excluding hydrogens is 310 g/mol. The van der Waals surface area contributed by atoms with Crippen LogP contribution in [0.15, 0.2) is 11.9 Å². The molecule has 0 atom stereocenters. The molecule has 0 radical (unpaired) electrons. The van der Waals surface area contributed by atoms with Crippen LogP contribution in [0.2, 0.25) is 0 Å². The zero-order valence-corrected chi connectivity index (χ0v) is 7.70. The van der Waals surface area contributed by atoms with Crippen molar-refractivity contribution in [1.82, 2.24) is 0 Å². The summed E-state index contributed by atoms with van der Waals surface area (Å²) in [5.41, 5.74) is 0. The number of alkyl halides is 3. The summed E-state index contributed by atoms with van der Waals surface area (Å²) in [5, 5.41) is 0. The highest BCUT2D eigenvalue weighted by molar-refractivity contribution is 4.98. The minimum Gasteiger partial charge on any atom is -1.00 e. The van der Waals surface area contributed by atoms with Gasteiger partial charge >= 0.3 is 12.3 Å². The third kappa shape index (κ3) is 6.67. The lowest BCUT2D eigenvalue weighted by Crippen LogP contribution is -3.00. The molecule has 0 amide bonds. The highest BCUT2D eigenvalue weighted by Gasteiger charge is 2.38. The van der Waals surface area contributed by atoms with Gasteiger partial charge in [-0.1, -0.05) is 0 Å². The lowest BCUT2D eigenvalue weighted by atomic mass is 10.6. The quantitative estimate of drug-likeness (QED) is 0.410. The molecule has 0 heterocycles. The maximum Gasteiger partial charge on any atom is 0.448 e. The van der Waals surface area contributed by atoms with Gasteiger partial charge in [0.1, 0.15) is 0 Å².